The highest BCUT2D eigenvalue weighted by Gasteiger charge is 2.13. The van der Waals surface area contributed by atoms with E-state index in [-0.39, 0.29) is 18.1 Å². The molecule has 0 N–H and O–H groups in total. The van der Waals surface area contributed by atoms with Crippen LogP contribution >= 0.6 is 0 Å². The highest BCUT2D eigenvalue weighted by atomic mass is 16.6. The van der Waals surface area contributed by atoms with Crippen LogP contribution in [0.15, 0.2) is 105 Å². The Morgan fingerprint density at radius 2 is 1.09 bits per heavy atom. The maximum absolute atomic E-state index is 11.6. The molecule has 0 unspecified atom stereocenters. The fourth-order valence-corrected chi connectivity index (χ4v) is 2.89. The van der Waals surface area contributed by atoms with Crippen LogP contribution in [-0.4, -0.2) is 17.9 Å². The molecule has 0 amide bonds. The molecule has 35 heavy (non-hydrogen) atoms. The van der Waals surface area contributed by atoms with Gasteiger partial charge in [-0.1, -0.05) is 50.1 Å². The lowest BCUT2D eigenvalue weighted by molar-refractivity contribution is -0.131. The molecule has 7 nitrogen and oxygen atoms in total. The van der Waals surface area contributed by atoms with Crippen molar-refractivity contribution in [1.82, 2.24) is 0 Å². The van der Waals surface area contributed by atoms with Crippen LogP contribution in [0.1, 0.15) is 5.56 Å². The normalized spacial score (nSPS) is 9.94. The summed E-state index contributed by atoms with van der Waals surface area (Å²) in [7, 11) is 0. The minimum Gasteiger partial charge on any atom is -0.489 e. The van der Waals surface area contributed by atoms with Gasteiger partial charge in [0.1, 0.15) is 18.1 Å². The minimum absolute atomic E-state index is 0.0590. The van der Waals surface area contributed by atoms with Gasteiger partial charge in [0.25, 0.3) is 0 Å². The number of carbonyl (C=O) groups is 3. The maximum atomic E-state index is 11.6. The number of ether oxygens (including phenoxy) is 4. The summed E-state index contributed by atoms with van der Waals surface area (Å²) in [6.07, 6.45) is 3.12. The van der Waals surface area contributed by atoms with E-state index in [0.29, 0.717) is 17.1 Å². The summed E-state index contributed by atoms with van der Waals surface area (Å²) in [5.74, 6) is -0.706. The molecule has 0 bridgehead atoms. The second-order valence-electron chi connectivity index (χ2n) is 6.99. The zero-order chi connectivity index (χ0) is 25.2. The number of hydrogen-bond acceptors (Lipinski definition) is 7. The van der Waals surface area contributed by atoms with Crippen LogP contribution in [0.5, 0.6) is 23.0 Å². The molecule has 0 heterocycles. The van der Waals surface area contributed by atoms with Crippen molar-refractivity contribution in [3.63, 3.8) is 0 Å². The monoisotopic (exact) mass is 470 g/mol. The van der Waals surface area contributed by atoms with Gasteiger partial charge < -0.3 is 18.9 Å². The third-order valence-electron chi connectivity index (χ3n) is 4.60. The standard InChI is InChI=1S/C28H22O7/c1-4-26(29)33-23-14-10-21(11-15-23)20-8-12-22(13-9-20)32-18-19-7-16-24(34-27(30)5-2)25(17-19)35-28(31)6-3/h4-17H,1-3,18H2. The number of benzene rings is 3. The Labute approximate surface area is 202 Å². The molecular formula is C28H22O7. The first-order valence-electron chi connectivity index (χ1n) is 10.4. The Morgan fingerprint density at radius 1 is 0.600 bits per heavy atom. The molecule has 0 aromatic heterocycles. The number of esters is 3. The Morgan fingerprint density at radius 3 is 1.63 bits per heavy atom. The first kappa shape index (κ1) is 24.7. The van der Waals surface area contributed by atoms with Gasteiger partial charge in [0, 0.05) is 18.2 Å². The molecule has 0 saturated carbocycles. The fraction of sp³-hybridized carbons (Fsp3) is 0.0357. The molecule has 0 spiro atoms. The second-order valence-corrected chi connectivity index (χ2v) is 6.99. The highest BCUT2D eigenvalue weighted by molar-refractivity contribution is 5.86. The molecule has 7 heteroatoms. The van der Waals surface area contributed by atoms with Crippen LogP contribution < -0.4 is 18.9 Å². The van der Waals surface area contributed by atoms with Gasteiger partial charge in [-0.2, -0.15) is 0 Å². The van der Waals surface area contributed by atoms with E-state index in [1.54, 1.807) is 24.3 Å². The fourth-order valence-electron chi connectivity index (χ4n) is 2.89. The highest BCUT2D eigenvalue weighted by Crippen LogP contribution is 2.30. The van der Waals surface area contributed by atoms with Gasteiger partial charge >= 0.3 is 17.9 Å². The van der Waals surface area contributed by atoms with E-state index in [1.165, 1.54) is 6.07 Å². The summed E-state index contributed by atoms with van der Waals surface area (Å²) in [5, 5.41) is 0. The van der Waals surface area contributed by atoms with E-state index in [2.05, 4.69) is 19.7 Å². The predicted molar refractivity (Wildman–Crippen MR) is 130 cm³/mol. The Kier molecular flexibility index (Phi) is 8.34. The van der Waals surface area contributed by atoms with E-state index in [0.717, 1.165) is 29.4 Å². The van der Waals surface area contributed by atoms with Gasteiger partial charge in [-0.25, -0.2) is 14.4 Å². The van der Waals surface area contributed by atoms with Crippen molar-refractivity contribution in [3.05, 3.63) is 110 Å². The summed E-state index contributed by atoms with van der Waals surface area (Å²) in [5.41, 5.74) is 2.57. The van der Waals surface area contributed by atoms with E-state index >= 15 is 0 Å². The molecule has 0 fully saturated rings. The quantitative estimate of drug-likeness (QED) is 0.228. The first-order chi connectivity index (χ1) is 16.9. The molecule has 0 aliphatic rings. The molecule has 0 saturated heterocycles. The lowest BCUT2D eigenvalue weighted by atomic mass is 10.1. The number of rotatable bonds is 10. The lowest BCUT2D eigenvalue weighted by Crippen LogP contribution is -2.09. The van der Waals surface area contributed by atoms with Crippen LogP contribution in [0, 0.1) is 0 Å². The smallest absolute Gasteiger partial charge is 0.335 e. The van der Waals surface area contributed by atoms with Gasteiger partial charge in [0.15, 0.2) is 11.5 Å². The molecule has 0 atom stereocenters. The molecular weight excluding hydrogens is 448 g/mol. The SMILES string of the molecule is C=CC(=O)Oc1ccc(-c2ccc(OCc3ccc(OC(=O)C=C)c(OC(=O)C=C)c3)cc2)cc1. The summed E-state index contributed by atoms with van der Waals surface area (Å²) < 4.78 is 21.2. The minimum atomic E-state index is -0.693. The van der Waals surface area contributed by atoms with Crippen molar-refractivity contribution in [2.24, 2.45) is 0 Å². The van der Waals surface area contributed by atoms with E-state index in [4.69, 9.17) is 18.9 Å². The van der Waals surface area contributed by atoms with Crippen molar-refractivity contribution in [3.8, 4) is 34.1 Å². The second kappa shape index (κ2) is 11.8. The zero-order valence-corrected chi connectivity index (χ0v) is 18.8. The van der Waals surface area contributed by atoms with Crippen LogP contribution in [0.2, 0.25) is 0 Å². The van der Waals surface area contributed by atoms with Crippen LogP contribution in [0.25, 0.3) is 11.1 Å². The summed E-state index contributed by atoms with van der Waals surface area (Å²) in [4.78, 5) is 34.5. The van der Waals surface area contributed by atoms with Gasteiger partial charge in [-0.05, 0) is 53.1 Å². The lowest BCUT2D eigenvalue weighted by Gasteiger charge is -2.12. The van der Waals surface area contributed by atoms with Crippen molar-refractivity contribution >= 4 is 17.9 Å². The summed E-state index contributed by atoms with van der Waals surface area (Å²) >= 11 is 0. The van der Waals surface area contributed by atoms with Crippen molar-refractivity contribution in [1.29, 1.82) is 0 Å². The topological polar surface area (TPSA) is 88.1 Å². The Bertz CT molecular complexity index is 1260. The van der Waals surface area contributed by atoms with Gasteiger partial charge in [0.05, 0.1) is 0 Å². The third kappa shape index (κ3) is 7.03. The molecule has 0 aliphatic carbocycles. The largest absolute Gasteiger partial charge is 0.489 e. The average molecular weight is 470 g/mol. The van der Waals surface area contributed by atoms with E-state index in [1.807, 2.05) is 36.4 Å². The van der Waals surface area contributed by atoms with Crippen molar-refractivity contribution in [2.45, 2.75) is 6.61 Å². The molecule has 3 rings (SSSR count). The van der Waals surface area contributed by atoms with Crippen molar-refractivity contribution in [2.75, 3.05) is 0 Å². The van der Waals surface area contributed by atoms with Crippen molar-refractivity contribution < 1.29 is 33.3 Å². The average Bonchev–Trinajstić information content (AvgIpc) is 2.89. The predicted octanol–water partition coefficient (Wildman–Crippen LogP) is 5.21. The first-order valence-corrected chi connectivity index (χ1v) is 10.4. The third-order valence-corrected chi connectivity index (χ3v) is 4.60. The van der Waals surface area contributed by atoms with E-state index < -0.39 is 17.9 Å². The molecule has 176 valence electrons. The van der Waals surface area contributed by atoms with Crippen LogP contribution in [0.3, 0.4) is 0 Å². The van der Waals surface area contributed by atoms with Gasteiger partial charge in [-0.15, -0.1) is 0 Å². The summed E-state index contributed by atoms with van der Waals surface area (Å²) in [6.45, 7) is 10.3. The van der Waals surface area contributed by atoms with Crippen LogP contribution in [-0.2, 0) is 21.0 Å². The Balaban J connectivity index is 1.67. The van der Waals surface area contributed by atoms with Gasteiger partial charge in [0.2, 0.25) is 0 Å². The number of carbonyl (C=O) groups excluding carboxylic acids is 3. The molecule has 3 aromatic carbocycles. The number of hydrogen-bond donors (Lipinski definition) is 0. The van der Waals surface area contributed by atoms with Gasteiger partial charge in [-0.3, -0.25) is 0 Å². The zero-order valence-electron chi connectivity index (χ0n) is 18.8. The van der Waals surface area contributed by atoms with E-state index in [9.17, 15) is 14.4 Å². The van der Waals surface area contributed by atoms with Crippen LogP contribution in [0.4, 0.5) is 0 Å². The Hall–Kier alpha value is -4.91. The molecule has 3 aromatic rings. The molecule has 0 radical (unpaired) electrons. The maximum Gasteiger partial charge on any atom is 0.335 e. The molecule has 0 aliphatic heterocycles. The summed E-state index contributed by atoms with van der Waals surface area (Å²) in [6, 6.07) is 19.3.